The summed E-state index contributed by atoms with van der Waals surface area (Å²) in [4.78, 5) is 0. The highest BCUT2D eigenvalue weighted by atomic mass is 14.2. The van der Waals surface area contributed by atoms with Crippen LogP contribution >= 0.6 is 0 Å². The summed E-state index contributed by atoms with van der Waals surface area (Å²) in [7, 11) is 0. The van der Waals surface area contributed by atoms with Crippen LogP contribution in [0.5, 0.6) is 0 Å². The third-order valence-electron chi connectivity index (χ3n) is 6.46. The predicted octanol–water partition coefficient (Wildman–Crippen LogP) is 8.07. The molecule has 0 aliphatic carbocycles. The Morgan fingerprint density at radius 2 is 0.893 bits per heavy atom. The summed E-state index contributed by atoms with van der Waals surface area (Å²) in [5.74, 6) is 0. The molecular formula is C28H20. The number of benzene rings is 6. The smallest absolute Gasteiger partial charge is 0.00142 e. The van der Waals surface area contributed by atoms with E-state index in [9.17, 15) is 0 Å². The highest BCUT2D eigenvalue weighted by Gasteiger charge is 2.14. The van der Waals surface area contributed by atoms with Gasteiger partial charge in [0.05, 0.1) is 0 Å². The molecular weight excluding hydrogens is 336 g/mol. The normalized spacial score (nSPS) is 11.9. The minimum atomic E-state index is 1.30. The fraction of sp³-hybridized carbons (Fsp3) is 0.0714. The summed E-state index contributed by atoms with van der Waals surface area (Å²) >= 11 is 0. The van der Waals surface area contributed by atoms with Crippen molar-refractivity contribution in [2.45, 2.75) is 13.8 Å². The topological polar surface area (TPSA) is 0 Å². The van der Waals surface area contributed by atoms with Crippen molar-refractivity contribution >= 4 is 53.9 Å². The number of aryl methyl sites for hydroxylation is 2. The monoisotopic (exact) mass is 356 g/mol. The van der Waals surface area contributed by atoms with Crippen molar-refractivity contribution in [1.82, 2.24) is 0 Å². The van der Waals surface area contributed by atoms with Crippen LogP contribution in [0, 0.1) is 13.8 Å². The lowest BCUT2D eigenvalue weighted by Gasteiger charge is -2.16. The van der Waals surface area contributed by atoms with Crippen LogP contribution in [-0.4, -0.2) is 0 Å². The Kier molecular flexibility index (Phi) is 3.11. The van der Waals surface area contributed by atoms with E-state index in [0.717, 1.165) is 0 Å². The molecule has 0 amide bonds. The summed E-state index contributed by atoms with van der Waals surface area (Å²) in [6.45, 7) is 4.51. The van der Waals surface area contributed by atoms with Crippen molar-refractivity contribution in [1.29, 1.82) is 0 Å². The first kappa shape index (κ1) is 15.7. The minimum Gasteiger partial charge on any atom is -0.0616 e. The van der Waals surface area contributed by atoms with Crippen molar-refractivity contribution < 1.29 is 0 Å². The number of fused-ring (bicyclic) bond motifs is 9. The number of hydrogen-bond donors (Lipinski definition) is 0. The second kappa shape index (κ2) is 5.56. The molecule has 0 N–H and O–H groups in total. The average molecular weight is 356 g/mol. The predicted molar refractivity (Wildman–Crippen MR) is 123 cm³/mol. The van der Waals surface area contributed by atoms with Crippen LogP contribution in [0.3, 0.4) is 0 Å². The first-order valence-corrected chi connectivity index (χ1v) is 9.89. The second-order valence-electron chi connectivity index (χ2n) is 7.83. The molecule has 0 bridgehead atoms. The maximum Gasteiger partial charge on any atom is -0.00142 e. The van der Waals surface area contributed by atoms with Crippen LogP contribution in [0.15, 0.2) is 84.9 Å². The molecule has 0 saturated heterocycles. The SMILES string of the molecule is Cc1c(C)c2ccc3ccc4ccc5ccccc5c4c3c2c2ccccc12. The van der Waals surface area contributed by atoms with Crippen LogP contribution in [0.1, 0.15) is 11.1 Å². The molecule has 0 unspecified atom stereocenters. The maximum absolute atomic E-state index is 2.31. The molecule has 0 aromatic heterocycles. The van der Waals surface area contributed by atoms with Crippen LogP contribution < -0.4 is 0 Å². The summed E-state index contributed by atoms with van der Waals surface area (Å²) in [5, 5.41) is 13.5. The van der Waals surface area contributed by atoms with Gasteiger partial charge in [0.25, 0.3) is 0 Å². The van der Waals surface area contributed by atoms with E-state index < -0.39 is 0 Å². The lowest BCUT2D eigenvalue weighted by atomic mass is 9.87. The molecule has 0 heterocycles. The number of rotatable bonds is 0. The number of hydrogen-bond acceptors (Lipinski definition) is 0. The van der Waals surface area contributed by atoms with Gasteiger partial charge >= 0.3 is 0 Å². The molecule has 0 atom stereocenters. The van der Waals surface area contributed by atoms with E-state index in [0.29, 0.717) is 0 Å². The zero-order valence-corrected chi connectivity index (χ0v) is 16.1. The molecule has 0 fully saturated rings. The van der Waals surface area contributed by atoms with E-state index in [1.165, 1.54) is 65.0 Å². The zero-order chi connectivity index (χ0) is 18.8. The van der Waals surface area contributed by atoms with Crippen molar-refractivity contribution in [2.24, 2.45) is 0 Å². The molecule has 0 radical (unpaired) electrons. The largest absolute Gasteiger partial charge is 0.0616 e. The summed E-state index contributed by atoms with van der Waals surface area (Å²) in [6.07, 6.45) is 0. The van der Waals surface area contributed by atoms with Gasteiger partial charge in [-0.05, 0) is 78.8 Å². The van der Waals surface area contributed by atoms with E-state index >= 15 is 0 Å². The summed E-state index contributed by atoms with van der Waals surface area (Å²) < 4.78 is 0. The van der Waals surface area contributed by atoms with Crippen molar-refractivity contribution in [3.63, 3.8) is 0 Å². The molecule has 0 spiro atoms. The Hall–Kier alpha value is -3.38. The maximum atomic E-state index is 2.31. The van der Waals surface area contributed by atoms with Gasteiger partial charge in [0.15, 0.2) is 0 Å². The summed E-state index contributed by atoms with van der Waals surface area (Å²) in [6, 6.07) is 31.3. The Morgan fingerprint density at radius 1 is 0.357 bits per heavy atom. The Morgan fingerprint density at radius 3 is 1.68 bits per heavy atom. The molecule has 0 nitrogen and oxygen atoms in total. The molecule has 6 aromatic rings. The highest BCUT2D eigenvalue weighted by Crippen LogP contribution is 2.41. The second-order valence-corrected chi connectivity index (χ2v) is 7.83. The molecule has 6 aromatic carbocycles. The molecule has 6 rings (SSSR count). The van der Waals surface area contributed by atoms with Gasteiger partial charge < -0.3 is 0 Å². The first-order valence-electron chi connectivity index (χ1n) is 9.89. The molecule has 0 heteroatoms. The van der Waals surface area contributed by atoms with Crippen molar-refractivity contribution in [3.8, 4) is 0 Å². The van der Waals surface area contributed by atoms with Gasteiger partial charge in [0.2, 0.25) is 0 Å². The fourth-order valence-corrected chi connectivity index (χ4v) is 4.94. The minimum absolute atomic E-state index is 1.30. The molecule has 0 saturated carbocycles. The summed E-state index contributed by atoms with van der Waals surface area (Å²) in [5.41, 5.74) is 2.76. The van der Waals surface area contributed by atoms with Gasteiger partial charge in [-0.15, -0.1) is 0 Å². The van der Waals surface area contributed by atoms with Crippen molar-refractivity contribution in [3.05, 3.63) is 96.1 Å². The van der Waals surface area contributed by atoms with Gasteiger partial charge in [-0.25, -0.2) is 0 Å². The van der Waals surface area contributed by atoms with E-state index in [2.05, 4.69) is 98.8 Å². The Bertz CT molecular complexity index is 1560. The lowest BCUT2D eigenvalue weighted by Crippen LogP contribution is -1.91. The lowest BCUT2D eigenvalue weighted by molar-refractivity contribution is 1.42. The van der Waals surface area contributed by atoms with E-state index in [-0.39, 0.29) is 0 Å². The third kappa shape index (κ3) is 1.95. The van der Waals surface area contributed by atoms with Gasteiger partial charge in [-0.3, -0.25) is 0 Å². The molecule has 28 heavy (non-hydrogen) atoms. The standard InChI is InChI=1S/C28H20/c1-17-18(2)23-16-15-21-14-13-20-12-11-19-7-3-4-9-24(19)26(20)27(21)28(23)25-10-6-5-8-22(17)25/h3-16H,1-2H3. The van der Waals surface area contributed by atoms with Crippen molar-refractivity contribution in [2.75, 3.05) is 0 Å². The van der Waals surface area contributed by atoms with Crippen LogP contribution in [0.2, 0.25) is 0 Å². The quantitative estimate of drug-likeness (QED) is 0.241. The molecule has 132 valence electrons. The van der Waals surface area contributed by atoms with Crippen LogP contribution in [-0.2, 0) is 0 Å². The van der Waals surface area contributed by atoms with E-state index in [4.69, 9.17) is 0 Å². The zero-order valence-electron chi connectivity index (χ0n) is 16.1. The van der Waals surface area contributed by atoms with Crippen LogP contribution in [0.25, 0.3) is 53.9 Å². The fourth-order valence-electron chi connectivity index (χ4n) is 4.94. The van der Waals surface area contributed by atoms with Gasteiger partial charge in [0, 0.05) is 0 Å². The van der Waals surface area contributed by atoms with E-state index in [1.807, 2.05) is 0 Å². The Balaban J connectivity index is 2.05. The van der Waals surface area contributed by atoms with Gasteiger partial charge in [0.1, 0.15) is 0 Å². The molecule has 0 aliphatic rings. The van der Waals surface area contributed by atoms with Gasteiger partial charge in [-0.2, -0.15) is 0 Å². The first-order chi connectivity index (χ1) is 13.7. The van der Waals surface area contributed by atoms with Crippen LogP contribution in [0.4, 0.5) is 0 Å². The van der Waals surface area contributed by atoms with E-state index in [1.54, 1.807) is 0 Å². The van der Waals surface area contributed by atoms with Gasteiger partial charge in [-0.1, -0.05) is 84.9 Å². The third-order valence-corrected chi connectivity index (χ3v) is 6.46. The average Bonchev–Trinajstić information content (AvgIpc) is 2.76. The molecule has 0 aliphatic heterocycles. The highest BCUT2D eigenvalue weighted by molar-refractivity contribution is 6.32. The Labute approximate surface area is 164 Å².